The topological polar surface area (TPSA) is 37.4 Å². The van der Waals surface area contributed by atoms with Crippen LogP contribution in [0.4, 0.5) is 0 Å². The van der Waals surface area contributed by atoms with E-state index in [1.807, 2.05) is 25.5 Å². The van der Waals surface area contributed by atoms with Gasteiger partial charge in [0.1, 0.15) is 0 Å². The molecule has 0 unspecified atom stereocenters. The fourth-order valence-electron chi connectivity index (χ4n) is 1.23. The highest BCUT2D eigenvalue weighted by Gasteiger charge is 2.27. The van der Waals surface area contributed by atoms with E-state index in [1.54, 1.807) is 0 Å². The third-order valence-corrected chi connectivity index (χ3v) is 1.95. The zero-order valence-electron chi connectivity index (χ0n) is 7.82. The van der Waals surface area contributed by atoms with Crippen molar-refractivity contribution in [3.63, 3.8) is 0 Å². The maximum Gasteiger partial charge on any atom is 0.229 e. The summed E-state index contributed by atoms with van der Waals surface area (Å²) in [7, 11) is 0. The van der Waals surface area contributed by atoms with Crippen molar-refractivity contribution in [3.8, 4) is 0 Å². The molecule has 3 nitrogen and oxygen atoms in total. The van der Waals surface area contributed by atoms with Crippen LogP contribution in [0.15, 0.2) is 12.2 Å². The van der Waals surface area contributed by atoms with Gasteiger partial charge in [-0.2, -0.15) is 0 Å². The summed E-state index contributed by atoms with van der Waals surface area (Å²) in [6.07, 6.45) is 7.45. The van der Waals surface area contributed by atoms with Gasteiger partial charge in [0.25, 0.3) is 0 Å². The van der Waals surface area contributed by atoms with Gasteiger partial charge in [-0.1, -0.05) is 19.1 Å². The monoisotopic (exact) mass is 180 g/mol. The zero-order chi connectivity index (χ0) is 9.68. The second kappa shape index (κ2) is 4.80. The number of rotatable bonds is 4. The number of amides is 2. The quantitative estimate of drug-likeness (QED) is 0.611. The Bertz CT molecular complexity index is 217. The summed E-state index contributed by atoms with van der Waals surface area (Å²) in [6.45, 7) is 2.46. The van der Waals surface area contributed by atoms with E-state index in [-0.39, 0.29) is 11.8 Å². The van der Waals surface area contributed by atoms with Crippen LogP contribution in [0, 0.1) is 6.42 Å². The lowest BCUT2D eigenvalue weighted by molar-refractivity contribution is -0.137. The summed E-state index contributed by atoms with van der Waals surface area (Å²) >= 11 is 0. The number of likely N-dealkylation sites (tertiary alicyclic amines) is 1. The number of hydrogen-bond donors (Lipinski definition) is 0. The lowest BCUT2D eigenvalue weighted by atomic mass is 10.3. The standard InChI is InChI=1S/C10H14NO2/c1-2-3-4-5-8-11-9(12)6-7-10(11)13/h3-5H,2,6-8H2,1H3. The Morgan fingerprint density at radius 2 is 1.92 bits per heavy atom. The average Bonchev–Trinajstić information content (AvgIpc) is 2.42. The van der Waals surface area contributed by atoms with Crippen molar-refractivity contribution in [2.45, 2.75) is 26.2 Å². The number of allylic oxidation sites excluding steroid dienone is 1. The molecule has 0 saturated carbocycles. The van der Waals surface area contributed by atoms with Gasteiger partial charge in [-0.25, -0.2) is 0 Å². The molecule has 1 radical (unpaired) electrons. The molecule has 0 aromatic heterocycles. The van der Waals surface area contributed by atoms with Crippen molar-refractivity contribution < 1.29 is 9.59 Å². The minimum Gasteiger partial charge on any atom is -0.282 e. The first-order valence-corrected chi connectivity index (χ1v) is 4.57. The predicted octanol–water partition coefficient (Wildman–Crippen LogP) is 1.31. The van der Waals surface area contributed by atoms with E-state index < -0.39 is 0 Å². The Labute approximate surface area is 78.4 Å². The molecule has 0 aromatic rings. The predicted molar refractivity (Wildman–Crippen MR) is 49.7 cm³/mol. The lowest BCUT2D eigenvalue weighted by Gasteiger charge is -2.10. The molecule has 1 saturated heterocycles. The minimum atomic E-state index is -0.0499. The molecule has 3 heteroatoms. The molecule has 1 aliphatic rings. The SMILES string of the molecule is CCC=C[CH]CN1C(=O)CCC1=O. The van der Waals surface area contributed by atoms with Gasteiger partial charge >= 0.3 is 0 Å². The first kappa shape index (κ1) is 9.96. The van der Waals surface area contributed by atoms with E-state index in [4.69, 9.17) is 0 Å². The molecule has 2 amide bonds. The summed E-state index contributed by atoms with van der Waals surface area (Å²) in [5.41, 5.74) is 0. The lowest BCUT2D eigenvalue weighted by Crippen LogP contribution is -2.29. The Hall–Kier alpha value is -1.12. The van der Waals surface area contributed by atoms with Gasteiger partial charge in [-0.05, 0) is 6.42 Å². The maximum absolute atomic E-state index is 11.1. The van der Waals surface area contributed by atoms with Crippen molar-refractivity contribution >= 4 is 11.8 Å². The van der Waals surface area contributed by atoms with Gasteiger partial charge in [0.2, 0.25) is 11.8 Å². The third-order valence-electron chi connectivity index (χ3n) is 1.95. The molecule has 1 aliphatic heterocycles. The second-order valence-corrected chi connectivity index (χ2v) is 2.97. The Morgan fingerprint density at radius 1 is 1.31 bits per heavy atom. The molecule has 0 bridgehead atoms. The number of nitrogens with zero attached hydrogens (tertiary/aromatic N) is 1. The van der Waals surface area contributed by atoms with Crippen LogP contribution in [0.2, 0.25) is 0 Å². The fraction of sp³-hybridized carbons (Fsp3) is 0.500. The molecular weight excluding hydrogens is 166 g/mol. The molecule has 71 valence electrons. The van der Waals surface area contributed by atoms with Crippen LogP contribution in [0.5, 0.6) is 0 Å². The molecule has 0 N–H and O–H groups in total. The molecule has 1 rings (SSSR count). The smallest absolute Gasteiger partial charge is 0.229 e. The van der Waals surface area contributed by atoms with Crippen molar-refractivity contribution in [2.24, 2.45) is 0 Å². The highest BCUT2D eigenvalue weighted by molar-refractivity contribution is 6.02. The van der Waals surface area contributed by atoms with Gasteiger partial charge in [0, 0.05) is 25.8 Å². The second-order valence-electron chi connectivity index (χ2n) is 2.97. The summed E-state index contributed by atoms with van der Waals surface area (Å²) in [6, 6.07) is 0. The van der Waals surface area contributed by atoms with Crippen LogP contribution in [0.1, 0.15) is 26.2 Å². The molecule has 13 heavy (non-hydrogen) atoms. The van der Waals surface area contributed by atoms with Gasteiger partial charge in [0.15, 0.2) is 0 Å². The van der Waals surface area contributed by atoms with Crippen LogP contribution in [-0.2, 0) is 9.59 Å². The van der Waals surface area contributed by atoms with E-state index in [1.165, 1.54) is 4.90 Å². The first-order chi connectivity index (χ1) is 6.25. The van der Waals surface area contributed by atoms with E-state index >= 15 is 0 Å². The van der Waals surface area contributed by atoms with Crippen molar-refractivity contribution in [1.29, 1.82) is 0 Å². The Kier molecular flexibility index (Phi) is 3.68. The Morgan fingerprint density at radius 3 is 2.46 bits per heavy atom. The summed E-state index contributed by atoms with van der Waals surface area (Å²) in [5, 5.41) is 0. The van der Waals surface area contributed by atoms with E-state index in [0.717, 1.165) is 6.42 Å². The van der Waals surface area contributed by atoms with Crippen LogP contribution >= 0.6 is 0 Å². The molecule has 1 fully saturated rings. The molecule has 1 heterocycles. The van der Waals surface area contributed by atoms with Crippen LogP contribution in [-0.4, -0.2) is 23.3 Å². The highest BCUT2D eigenvalue weighted by Crippen LogP contribution is 2.11. The summed E-state index contributed by atoms with van der Waals surface area (Å²) in [5.74, 6) is -0.0997. The average molecular weight is 180 g/mol. The molecule has 0 spiro atoms. The number of hydrogen-bond acceptors (Lipinski definition) is 2. The first-order valence-electron chi connectivity index (χ1n) is 4.57. The molecule has 0 aromatic carbocycles. The number of imide groups is 1. The van der Waals surface area contributed by atoms with Crippen LogP contribution in [0.25, 0.3) is 0 Å². The summed E-state index contributed by atoms with van der Waals surface area (Å²) in [4.78, 5) is 23.5. The molecular formula is C10H14NO2. The van der Waals surface area contributed by atoms with Crippen LogP contribution < -0.4 is 0 Å². The van der Waals surface area contributed by atoms with Gasteiger partial charge in [-0.3, -0.25) is 14.5 Å². The van der Waals surface area contributed by atoms with E-state index in [0.29, 0.717) is 19.4 Å². The zero-order valence-corrected chi connectivity index (χ0v) is 7.82. The van der Waals surface area contributed by atoms with E-state index in [2.05, 4.69) is 0 Å². The molecule has 0 atom stereocenters. The normalized spacial score (nSPS) is 17.8. The Balaban J connectivity index is 2.31. The third kappa shape index (κ3) is 2.68. The van der Waals surface area contributed by atoms with Crippen LogP contribution in [0.3, 0.4) is 0 Å². The summed E-state index contributed by atoms with van der Waals surface area (Å²) < 4.78 is 0. The maximum atomic E-state index is 11.1. The number of carbonyl (C=O) groups excluding carboxylic acids is 2. The number of carbonyl (C=O) groups is 2. The van der Waals surface area contributed by atoms with Gasteiger partial charge in [-0.15, -0.1) is 0 Å². The highest BCUT2D eigenvalue weighted by atomic mass is 16.2. The largest absolute Gasteiger partial charge is 0.282 e. The van der Waals surface area contributed by atoms with E-state index in [9.17, 15) is 9.59 Å². The fourth-order valence-corrected chi connectivity index (χ4v) is 1.23. The van der Waals surface area contributed by atoms with Crippen molar-refractivity contribution in [2.75, 3.05) is 6.54 Å². The van der Waals surface area contributed by atoms with Crippen molar-refractivity contribution in [3.05, 3.63) is 18.6 Å². The molecule has 0 aliphatic carbocycles. The minimum absolute atomic E-state index is 0.0499. The van der Waals surface area contributed by atoms with Crippen molar-refractivity contribution in [1.82, 2.24) is 4.90 Å². The van der Waals surface area contributed by atoms with Gasteiger partial charge in [0.05, 0.1) is 0 Å². The van der Waals surface area contributed by atoms with Gasteiger partial charge < -0.3 is 0 Å².